The van der Waals surface area contributed by atoms with Crippen molar-refractivity contribution in [2.45, 2.75) is 24.3 Å². The molecule has 2 heterocycles. The average molecular weight is 385 g/mol. The Balaban J connectivity index is 1.47. The lowest BCUT2D eigenvalue weighted by Crippen LogP contribution is -2.38. The van der Waals surface area contributed by atoms with Gasteiger partial charge in [-0.1, -0.05) is 17.7 Å². The number of hydrogen-bond acceptors (Lipinski definition) is 4. The fraction of sp³-hybridized carbons (Fsp3) is 0.412. The molecule has 0 radical (unpaired) electrons. The zero-order valence-electron chi connectivity index (χ0n) is 13.3. The molecule has 1 N–H and O–H groups in total. The summed E-state index contributed by atoms with van der Waals surface area (Å²) in [4.78, 5) is 4.09. The largest absolute Gasteiger partial charge is 0.298 e. The lowest BCUT2D eigenvalue weighted by atomic mass is 9.97. The highest BCUT2D eigenvalue weighted by Gasteiger charge is 2.22. The Kier molecular flexibility index (Phi) is 5.94. The first kappa shape index (κ1) is 17.9. The van der Waals surface area contributed by atoms with Crippen LogP contribution in [-0.4, -0.2) is 33.0 Å². The van der Waals surface area contributed by atoms with Crippen LogP contribution in [0.15, 0.2) is 46.7 Å². The summed E-state index contributed by atoms with van der Waals surface area (Å²) in [5.41, 5.74) is 0. The molecular formula is C17H21ClN2O2S2. The average Bonchev–Trinajstić information content (AvgIpc) is 3.08. The Hall–Kier alpha value is -0.920. The number of hydrogen-bond donors (Lipinski definition) is 1. The van der Waals surface area contributed by atoms with Crippen LogP contribution in [0.2, 0.25) is 5.02 Å². The van der Waals surface area contributed by atoms with Crippen molar-refractivity contribution in [1.29, 1.82) is 0 Å². The maximum Gasteiger partial charge on any atom is 0.240 e. The second-order valence-electron chi connectivity index (χ2n) is 6.10. The van der Waals surface area contributed by atoms with Crippen LogP contribution < -0.4 is 4.72 Å². The van der Waals surface area contributed by atoms with Crippen LogP contribution >= 0.6 is 22.9 Å². The van der Waals surface area contributed by atoms with Gasteiger partial charge in [-0.3, -0.25) is 4.90 Å². The molecule has 2 aromatic rings. The van der Waals surface area contributed by atoms with Gasteiger partial charge in [-0.05, 0) is 67.6 Å². The number of rotatable bonds is 6. The Bertz CT molecular complexity index is 737. The van der Waals surface area contributed by atoms with Gasteiger partial charge in [0.1, 0.15) is 0 Å². The molecule has 0 saturated carbocycles. The van der Waals surface area contributed by atoms with E-state index in [0.717, 1.165) is 32.5 Å². The fourth-order valence-electron chi connectivity index (χ4n) is 2.90. The van der Waals surface area contributed by atoms with Crippen molar-refractivity contribution in [3.8, 4) is 0 Å². The highest BCUT2D eigenvalue weighted by molar-refractivity contribution is 7.89. The summed E-state index contributed by atoms with van der Waals surface area (Å²) in [6.07, 6.45) is 2.04. The maximum absolute atomic E-state index is 12.3. The number of thiophene rings is 1. The Morgan fingerprint density at radius 3 is 2.50 bits per heavy atom. The monoisotopic (exact) mass is 384 g/mol. The minimum Gasteiger partial charge on any atom is -0.298 e. The third-order valence-corrected chi connectivity index (χ3v) is 6.91. The van der Waals surface area contributed by atoms with Crippen LogP contribution in [0, 0.1) is 5.92 Å². The molecule has 1 aromatic heterocycles. The van der Waals surface area contributed by atoms with E-state index >= 15 is 0 Å². The van der Waals surface area contributed by atoms with Gasteiger partial charge in [0.05, 0.1) is 4.90 Å². The highest BCUT2D eigenvalue weighted by atomic mass is 35.5. The third-order valence-electron chi connectivity index (χ3n) is 4.35. The molecule has 0 amide bonds. The number of likely N-dealkylation sites (tertiary alicyclic amines) is 1. The minimum atomic E-state index is -3.45. The minimum absolute atomic E-state index is 0.266. The fourth-order valence-corrected chi connectivity index (χ4v) is 4.88. The van der Waals surface area contributed by atoms with Gasteiger partial charge in [0, 0.05) is 23.0 Å². The standard InChI is InChI=1S/C17H21ClN2O2S2/c18-15-3-5-17(6-4-15)24(21,22)19-12-14-7-9-20(10-8-14)13-16-2-1-11-23-16/h1-6,11,14,19H,7-10,12-13H2. The van der Waals surface area contributed by atoms with E-state index in [-0.39, 0.29) is 4.90 Å². The van der Waals surface area contributed by atoms with Crippen molar-refractivity contribution in [1.82, 2.24) is 9.62 Å². The Labute approximate surface area is 152 Å². The number of halogens is 1. The van der Waals surface area contributed by atoms with Gasteiger partial charge in [-0.2, -0.15) is 0 Å². The number of nitrogens with zero attached hydrogens (tertiary/aromatic N) is 1. The van der Waals surface area contributed by atoms with Gasteiger partial charge in [0.25, 0.3) is 0 Å². The molecule has 24 heavy (non-hydrogen) atoms. The zero-order valence-corrected chi connectivity index (χ0v) is 15.7. The summed E-state index contributed by atoms with van der Waals surface area (Å²) >= 11 is 7.59. The van der Waals surface area contributed by atoms with Crippen molar-refractivity contribution in [2.24, 2.45) is 5.92 Å². The van der Waals surface area contributed by atoms with Crippen molar-refractivity contribution in [2.75, 3.05) is 19.6 Å². The lowest BCUT2D eigenvalue weighted by Gasteiger charge is -2.31. The molecule has 1 aromatic carbocycles. The zero-order chi connectivity index (χ0) is 17.0. The summed E-state index contributed by atoms with van der Waals surface area (Å²) in [6, 6.07) is 10.5. The van der Waals surface area contributed by atoms with Gasteiger partial charge in [0.2, 0.25) is 10.0 Å². The lowest BCUT2D eigenvalue weighted by molar-refractivity contribution is 0.180. The molecule has 0 atom stereocenters. The van der Waals surface area contributed by atoms with Crippen LogP contribution in [-0.2, 0) is 16.6 Å². The first-order valence-corrected chi connectivity index (χ1v) is 10.8. The summed E-state index contributed by atoms with van der Waals surface area (Å²) < 4.78 is 27.3. The molecule has 4 nitrogen and oxygen atoms in total. The Morgan fingerprint density at radius 2 is 1.88 bits per heavy atom. The van der Waals surface area contributed by atoms with Crippen molar-refractivity contribution in [3.63, 3.8) is 0 Å². The first-order valence-electron chi connectivity index (χ1n) is 8.03. The van der Waals surface area contributed by atoms with E-state index < -0.39 is 10.0 Å². The molecule has 1 aliphatic rings. The molecule has 0 spiro atoms. The molecule has 0 unspecified atom stereocenters. The number of sulfonamides is 1. The predicted octanol–water partition coefficient (Wildman–Crippen LogP) is 3.59. The number of piperidine rings is 1. The van der Waals surface area contributed by atoms with E-state index in [4.69, 9.17) is 11.6 Å². The SMILES string of the molecule is O=S(=O)(NCC1CCN(Cc2cccs2)CC1)c1ccc(Cl)cc1. The van der Waals surface area contributed by atoms with Crippen molar-refractivity contribution < 1.29 is 8.42 Å². The van der Waals surface area contributed by atoms with Gasteiger partial charge >= 0.3 is 0 Å². The van der Waals surface area contributed by atoms with E-state index in [1.807, 2.05) is 0 Å². The van der Waals surface area contributed by atoms with Crippen LogP contribution in [0.1, 0.15) is 17.7 Å². The summed E-state index contributed by atoms with van der Waals surface area (Å²) in [5, 5.41) is 2.64. The number of benzene rings is 1. The molecule has 1 fully saturated rings. The van der Waals surface area contributed by atoms with Crippen LogP contribution in [0.5, 0.6) is 0 Å². The smallest absolute Gasteiger partial charge is 0.240 e. The Morgan fingerprint density at radius 1 is 1.17 bits per heavy atom. The van der Waals surface area contributed by atoms with E-state index in [0.29, 0.717) is 17.5 Å². The molecule has 0 aliphatic carbocycles. The van der Waals surface area contributed by atoms with Crippen molar-refractivity contribution >= 4 is 33.0 Å². The molecule has 3 rings (SSSR count). The topological polar surface area (TPSA) is 49.4 Å². The quantitative estimate of drug-likeness (QED) is 0.827. The van der Waals surface area contributed by atoms with Crippen LogP contribution in [0.25, 0.3) is 0 Å². The van der Waals surface area contributed by atoms with Crippen molar-refractivity contribution in [3.05, 3.63) is 51.7 Å². The van der Waals surface area contributed by atoms with Gasteiger partial charge in [-0.15, -0.1) is 11.3 Å². The number of nitrogens with one attached hydrogen (secondary N) is 1. The molecule has 0 bridgehead atoms. The van der Waals surface area contributed by atoms with Gasteiger partial charge < -0.3 is 0 Å². The second kappa shape index (κ2) is 7.97. The van der Waals surface area contributed by atoms with Crippen LogP contribution in [0.3, 0.4) is 0 Å². The molecule has 7 heteroatoms. The molecular weight excluding hydrogens is 364 g/mol. The summed E-state index contributed by atoms with van der Waals surface area (Å²) in [5.74, 6) is 0.395. The maximum atomic E-state index is 12.3. The van der Waals surface area contributed by atoms with E-state index in [9.17, 15) is 8.42 Å². The van der Waals surface area contributed by atoms with E-state index in [1.54, 1.807) is 23.5 Å². The van der Waals surface area contributed by atoms with E-state index in [2.05, 4.69) is 27.1 Å². The summed E-state index contributed by atoms with van der Waals surface area (Å²) in [7, 11) is -3.45. The van der Waals surface area contributed by atoms with E-state index in [1.165, 1.54) is 17.0 Å². The third kappa shape index (κ3) is 4.80. The molecule has 1 aliphatic heterocycles. The van der Waals surface area contributed by atoms with Gasteiger partial charge in [0.15, 0.2) is 0 Å². The first-order chi connectivity index (χ1) is 11.5. The highest BCUT2D eigenvalue weighted by Crippen LogP contribution is 2.21. The molecule has 1 saturated heterocycles. The second-order valence-corrected chi connectivity index (χ2v) is 9.34. The van der Waals surface area contributed by atoms with Crippen LogP contribution in [0.4, 0.5) is 0 Å². The predicted molar refractivity (Wildman–Crippen MR) is 99.0 cm³/mol. The summed E-state index contributed by atoms with van der Waals surface area (Å²) in [6.45, 7) is 3.54. The normalized spacial score (nSPS) is 17.2. The van der Waals surface area contributed by atoms with Gasteiger partial charge in [-0.25, -0.2) is 13.1 Å². The molecule has 130 valence electrons.